The largest absolute Gasteiger partial charge is 0.485 e. The maximum Gasteiger partial charge on any atom is 0.283 e. The van der Waals surface area contributed by atoms with Crippen LogP contribution in [0.5, 0.6) is 11.5 Å². The molecule has 2 aromatic rings. The third-order valence-corrected chi connectivity index (χ3v) is 4.28. The van der Waals surface area contributed by atoms with Crippen LogP contribution in [0.2, 0.25) is 0 Å². The molecule has 7 nitrogen and oxygen atoms in total. The number of carbonyl (C=O) groups excluding carboxylic acids is 2. The predicted molar refractivity (Wildman–Crippen MR) is 83.5 cm³/mol. The third-order valence-electron chi connectivity index (χ3n) is 3.21. The fraction of sp³-hybridized carbons (Fsp3) is 0.267. The van der Waals surface area contributed by atoms with E-state index in [9.17, 15) is 9.59 Å². The first-order valence-corrected chi connectivity index (χ1v) is 7.79. The molecule has 3 rings (SSSR count). The molecule has 1 aliphatic heterocycles. The highest BCUT2D eigenvalue weighted by Gasteiger charge is 2.27. The van der Waals surface area contributed by atoms with E-state index in [0.717, 1.165) is 5.01 Å². The average Bonchev–Trinajstić information content (AvgIpc) is 2.90. The summed E-state index contributed by atoms with van der Waals surface area (Å²) in [5.74, 6) is 0.209. The Kier molecular flexibility index (Phi) is 4.16. The number of para-hydroxylation sites is 2. The van der Waals surface area contributed by atoms with Gasteiger partial charge in [0.05, 0.1) is 10.7 Å². The second kappa shape index (κ2) is 6.25. The van der Waals surface area contributed by atoms with E-state index >= 15 is 0 Å². The second-order valence-corrected chi connectivity index (χ2v) is 6.16. The molecule has 0 radical (unpaired) electrons. The fourth-order valence-electron chi connectivity index (χ4n) is 2.15. The minimum absolute atomic E-state index is 0.0808. The van der Waals surface area contributed by atoms with Crippen LogP contribution in [0.1, 0.15) is 20.4 Å². The Hall–Kier alpha value is -2.61. The zero-order valence-corrected chi connectivity index (χ0v) is 13.4. The Balaban J connectivity index is 1.58. The summed E-state index contributed by atoms with van der Waals surface area (Å²) < 4.78 is 11.0. The van der Waals surface area contributed by atoms with Crippen molar-refractivity contribution in [1.29, 1.82) is 0 Å². The van der Waals surface area contributed by atoms with Gasteiger partial charge in [0.15, 0.2) is 11.5 Å². The molecule has 1 aliphatic rings. The second-order valence-electron chi connectivity index (χ2n) is 4.96. The number of hydrogen-bond acceptors (Lipinski definition) is 6. The first-order chi connectivity index (χ1) is 11.0. The molecule has 1 atom stereocenters. The van der Waals surface area contributed by atoms with Gasteiger partial charge in [-0.25, -0.2) is 4.98 Å². The molecule has 0 saturated carbocycles. The first kappa shape index (κ1) is 15.3. The Labute approximate surface area is 136 Å². The molecule has 1 aromatic carbocycles. The molecular weight excluding hydrogens is 318 g/mol. The molecule has 1 aromatic heterocycles. The van der Waals surface area contributed by atoms with Crippen molar-refractivity contribution in [2.45, 2.75) is 20.0 Å². The van der Waals surface area contributed by atoms with Crippen molar-refractivity contribution in [2.75, 3.05) is 6.61 Å². The molecule has 120 valence electrons. The summed E-state index contributed by atoms with van der Waals surface area (Å²) in [4.78, 5) is 28.8. The summed E-state index contributed by atoms with van der Waals surface area (Å²) in [5, 5.41) is 0.791. The van der Waals surface area contributed by atoms with E-state index in [1.54, 1.807) is 25.1 Å². The van der Waals surface area contributed by atoms with E-state index in [2.05, 4.69) is 15.8 Å². The number of rotatable bonds is 2. The molecule has 2 N–H and O–H groups in total. The minimum Gasteiger partial charge on any atom is -0.485 e. The van der Waals surface area contributed by atoms with Gasteiger partial charge in [-0.2, -0.15) is 0 Å². The van der Waals surface area contributed by atoms with Crippen LogP contribution in [-0.2, 0) is 4.79 Å². The number of hydrogen-bond donors (Lipinski definition) is 2. The number of ether oxygens (including phenoxy) is 2. The van der Waals surface area contributed by atoms with Crippen molar-refractivity contribution in [3.8, 4) is 11.5 Å². The van der Waals surface area contributed by atoms with E-state index in [1.165, 1.54) is 11.3 Å². The summed E-state index contributed by atoms with van der Waals surface area (Å²) in [6.45, 7) is 3.64. The third kappa shape index (κ3) is 3.26. The normalized spacial score (nSPS) is 15.8. The maximum atomic E-state index is 12.1. The quantitative estimate of drug-likeness (QED) is 0.810. The highest BCUT2D eigenvalue weighted by Crippen LogP contribution is 2.30. The zero-order chi connectivity index (χ0) is 16.4. The molecule has 23 heavy (non-hydrogen) atoms. The number of benzene rings is 1. The molecule has 2 heterocycles. The summed E-state index contributed by atoms with van der Waals surface area (Å²) in [7, 11) is 0. The molecule has 0 saturated heterocycles. The predicted octanol–water partition coefficient (Wildman–Crippen LogP) is 1.36. The summed E-state index contributed by atoms with van der Waals surface area (Å²) in [6, 6.07) is 7.10. The van der Waals surface area contributed by atoms with Gasteiger partial charge < -0.3 is 9.47 Å². The van der Waals surface area contributed by atoms with E-state index in [0.29, 0.717) is 22.1 Å². The SMILES string of the molecule is Cc1nc(C)c(C(=O)NNC(=O)C2COc3ccccc3O2)s1. The van der Waals surface area contributed by atoms with Gasteiger partial charge >= 0.3 is 0 Å². The van der Waals surface area contributed by atoms with Gasteiger partial charge in [0, 0.05) is 0 Å². The molecular formula is C15H15N3O4S. The number of hydrazine groups is 1. The molecule has 2 amide bonds. The Morgan fingerprint density at radius 2 is 1.96 bits per heavy atom. The fourth-order valence-corrected chi connectivity index (χ4v) is 2.96. The number of aryl methyl sites for hydroxylation is 2. The lowest BCUT2D eigenvalue weighted by Crippen LogP contribution is -2.50. The lowest BCUT2D eigenvalue weighted by atomic mass is 10.2. The van der Waals surface area contributed by atoms with Gasteiger partial charge in [-0.1, -0.05) is 12.1 Å². The number of fused-ring (bicyclic) bond motifs is 1. The van der Waals surface area contributed by atoms with E-state index in [-0.39, 0.29) is 6.61 Å². The topological polar surface area (TPSA) is 89.6 Å². The van der Waals surface area contributed by atoms with Crippen LogP contribution >= 0.6 is 11.3 Å². The molecule has 8 heteroatoms. The van der Waals surface area contributed by atoms with Crippen molar-refractivity contribution >= 4 is 23.2 Å². The number of amides is 2. The van der Waals surface area contributed by atoms with Crippen molar-refractivity contribution in [1.82, 2.24) is 15.8 Å². The van der Waals surface area contributed by atoms with Gasteiger partial charge in [0.25, 0.3) is 11.8 Å². The molecule has 0 bridgehead atoms. The zero-order valence-electron chi connectivity index (χ0n) is 12.6. The van der Waals surface area contributed by atoms with Gasteiger partial charge in [-0.3, -0.25) is 20.4 Å². The van der Waals surface area contributed by atoms with Crippen LogP contribution in [0.3, 0.4) is 0 Å². The minimum atomic E-state index is -0.825. The molecule has 0 fully saturated rings. The van der Waals surface area contributed by atoms with Crippen LogP contribution in [0.15, 0.2) is 24.3 Å². The van der Waals surface area contributed by atoms with Crippen molar-refractivity contribution in [3.63, 3.8) is 0 Å². The number of aromatic nitrogens is 1. The van der Waals surface area contributed by atoms with Crippen LogP contribution in [0.4, 0.5) is 0 Å². The Bertz CT molecular complexity index is 759. The van der Waals surface area contributed by atoms with Gasteiger partial charge in [-0.05, 0) is 26.0 Å². The van der Waals surface area contributed by atoms with Crippen molar-refractivity contribution in [3.05, 3.63) is 39.8 Å². The van der Waals surface area contributed by atoms with Crippen LogP contribution < -0.4 is 20.3 Å². The van der Waals surface area contributed by atoms with E-state index in [4.69, 9.17) is 9.47 Å². The van der Waals surface area contributed by atoms with Crippen LogP contribution in [-0.4, -0.2) is 29.5 Å². The standard InChI is InChI=1S/C15H15N3O4S/c1-8-13(23-9(2)16-8)15(20)18-17-14(19)12-7-21-10-5-3-4-6-11(10)22-12/h3-6,12H,7H2,1-2H3,(H,17,19)(H,18,20). The molecule has 0 spiro atoms. The summed E-state index contributed by atoms with van der Waals surface area (Å²) in [5.41, 5.74) is 5.35. The maximum absolute atomic E-state index is 12.1. The Morgan fingerprint density at radius 1 is 1.22 bits per heavy atom. The number of nitrogens with zero attached hydrogens (tertiary/aromatic N) is 1. The first-order valence-electron chi connectivity index (χ1n) is 6.97. The average molecular weight is 333 g/mol. The van der Waals surface area contributed by atoms with Gasteiger partial charge in [0.1, 0.15) is 11.5 Å². The van der Waals surface area contributed by atoms with Crippen LogP contribution in [0, 0.1) is 13.8 Å². The Morgan fingerprint density at radius 3 is 2.65 bits per heavy atom. The molecule has 1 unspecified atom stereocenters. The molecule has 0 aliphatic carbocycles. The summed E-state index contributed by atoms with van der Waals surface area (Å²) in [6.07, 6.45) is -0.825. The summed E-state index contributed by atoms with van der Waals surface area (Å²) >= 11 is 1.27. The van der Waals surface area contributed by atoms with E-state index in [1.807, 2.05) is 13.0 Å². The lowest BCUT2D eigenvalue weighted by molar-refractivity contribution is -0.131. The van der Waals surface area contributed by atoms with Crippen molar-refractivity contribution < 1.29 is 19.1 Å². The number of carbonyl (C=O) groups is 2. The van der Waals surface area contributed by atoms with E-state index < -0.39 is 17.9 Å². The highest BCUT2D eigenvalue weighted by molar-refractivity contribution is 7.13. The van der Waals surface area contributed by atoms with Crippen LogP contribution in [0.25, 0.3) is 0 Å². The highest BCUT2D eigenvalue weighted by atomic mass is 32.1. The van der Waals surface area contributed by atoms with Crippen molar-refractivity contribution in [2.24, 2.45) is 0 Å². The number of nitrogens with one attached hydrogen (secondary N) is 2. The smallest absolute Gasteiger partial charge is 0.283 e. The lowest BCUT2D eigenvalue weighted by Gasteiger charge is -2.25. The van der Waals surface area contributed by atoms with Gasteiger partial charge in [0.2, 0.25) is 6.10 Å². The monoisotopic (exact) mass is 333 g/mol. The van der Waals surface area contributed by atoms with Gasteiger partial charge in [-0.15, -0.1) is 11.3 Å². The number of thiazole rings is 1.